The zero-order valence-electron chi connectivity index (χ0n) is 42.0. The van der Waals surface area contributed by atoms with Crippen molar-refractivity contribution in [2.75, 3.05) is 64.7 Å². The fourth-order valence-electron chi connectivity index (χ4n) is 11.9. The fraction of sp³-hybridized carbons (Fsp3) is 0.679. The molecule has 8 rings (SSSR count). The van der Waals surface area contributed by atoms with E-state index >= 15 is 0 Å². The molecule has 5 aliphatic rings. The third-order valence-electron chi connectivity index (χ3n) is 16.0. The molecular formula is C53H76F3N11O4. The summed E-state index contributed by atoms with van der Waals surface area (Å²) < 4.78 is 40.8. The van der Waals surface area contributed by atoms with Gasteiger partial charge in [-0.1, -0.05) is 45.6 Å². The molecule has 18 heteroatoms. The number of likely N-dealkylation sites (tertiary alicyclic amines) is 2. The summed E-state index contributed by atoms with van der Waals surface area (Å²) in [6.07, 6.45) is 13.7. The number of amides is 4. The molecule has 4 amide bonds. The van der Waals surface area contributed by atoms with E-state index < -0.39 is 23.7 Å². The molecule has 15 nitrogen and oxygen atoms in total. The number of aromatic nitrogens is 3. The van der Waals surface area contributed by atoms with Crippen LogP contribution in [0.25, 0.3) is 10.9 Å². The van der Waals surface area contributed by atoms with Crippen molar-refractivity contribution in [1.29, 1.82) is 0 Å². The Labute approximate surface area is 417 Å². The number of carbonyl (C=O) groups excluding carboxylic acids is 4. The van der Waals surface area contributed by atoms with E-state index in [0.29, 0.717) is 37.0 Å². The molecule has 2 aromatic heterocycles. The van der Waals surface area contributed by atoms with Crippen LogP contribution in [0.3, 0.4) is 0 Å². The molecule has 6 atom stereocenters. The van der Waals surface area contributed by atoms with E-state index in [0.717, 1.165) is 121 Å². The zero-order valence-corrected chi connectivity index (χ0v) is 42.0. The Kier molecular flexibility index (Phi) is 17.8. The Morgan fingerprint density at radius 2 is 1.62 bits per heavy atom. The number of hydrogen-bond donors (Lipinski definition) is 4. The number of anilines is 1. The summed E-state index contributed by atoms with van der Waals surface area (Å²) in [6, 6.07) is 6.51. The maximum atomic E-state index is 14.1. The van der Waals surface area contributed by atoms with Gasteiger partial charge in [0.15, 0.2) is 0 Å². The first-order valence-electron chi connectivity index (χ1n) is 26.6. The highest BCUT2D eigenvalue weighted by atomic mass is 19.4. The van der Waals surface area contributed by atoms with Crippen LogP contribution >= 0.6 is 0 Å². The van der Waals surface area contributed by atoms with Gasteiger partial charge in [0.25, 0.3) is 0 Å². The number of fused-ring (bicyclic) bond motifs is 1. The van der Waals surface area contributed by atoms with Gasteiger partial charge < -0.3 is 36.0 Å². The molecule has 5 heterocycles. The summed E-state index contributed by atoms with van der Waals surface area (Å²) in [4.78, 5) is 75.1. The summed E-state index contributed by atoms with van der Waals surface area (Å²) >= 11 is 0. The second-order valence-electron chi connectivity index (χ2n) is 21.3. The van der Waals surface area contributed by atoms with Gasteiger partial charge in [-0.05, 0) is 113 Å². The summed E-state index contributed by atoms with van der Waals surface area (Å²) in [5.74, 6) is 0.103. The molecule has 2 saturated carbocycles. The highest BCUT2D eigenvalue weighted by Gasteiger charge is 2.45. The van der Waals surface area contributed by atoms with Gasteiger partial charge in [-0.2, -0.15) is 13.2 Å². The van der Waals surface area contributed by atoms with Crippen molar-refractivity contribution in [1.82, 2.24) is 50.5 Å². The third kappa shape index (κ3) is 13.4. The second kappa shape index (κ2) is 24.2. The molecule has 0 spiro atoms. The van der Waals surface area contributed by atoms with Crippen LogP contribution in [0.15, 0.2) is 49.1 Å². The third-order valence-corrected chi connectivity index (χ3v) is 16.0. The maximum Gasteiger partial charge on any atom is 0.416 e. The van der Waals surface area contributed by atoms with E-state index in [1.807, 2.05) is 17.0 Å². The maximum absolute atomic E-state index is 14.1. The zero-order chi connectivity index (χ0) is 50.1. The van der Waals surface area contributed by atoms with Crippen LogP contribution in [0, 0.1) is 17.8 Å². The van der Waals surface area contributed by atoms with Gasteiger partial charge in [0, 0.05) is 88.5 Å². The van der Waals surface area contributed by atoms with E-state index in [1.54, 1.807) is 24.3 Å². The molecular weight excluding hydrogens is 912 g/mol. The van der Waals surface area contributed by atoms with Crippen LogP contribution in [0.2, 0.25) is 0 Å². The fourth-order valence-corrected chi connectivity index (χ4v) is 11.9. The van der Waals surface area contributed by atoms with Crippen molar-refractivity contribution in [2.45, 2.75) is 153 Å². The van der Waals surface area contributed by atoms with E-state index in [4.69, 9.17) is 0 Å². The van der Waals surface area contributed by atoms with Crippen molar-refractivity contribution >= 4 is 40.3 Å². The predicted octanol–water partition coefficient (Wildman–Crippen LogP) is 6.56. The van der Waals surface area contributed by atoms with Crippen molar-refractivity contribution in [2.24, 2.45) is 17.8 Å². The van der Waals surface area contributed by atoms with E-state index in [2.05, 4.69) is 59.9 Å². The van der Waals surface area contributed by atoms with Crippen LogP contribution in [0.1, 0.15) is 127 Å². The molecule has 4 N–H and O–H groups in total. The minimum Gasteiger partial charge on any atom is -0.358 e. The lowest BCUT2D eigenvalue weighted by Gasteiger charge is -2.43. The number of pyridine rings is 1. The van der Waals surface area contributed by atoms with Crippen LogP contribution in [0.5, 0.6) is 0 Å². The number of piperazine rings is 1. The minimum absolute atomic E-state index is 0.0134. The Morgan fingerprint density at radius 3 is 2.35 bits per heavy atom. The molecule has 388 valence electrons. The van der Waals surface area contributed by atoms with Crippen molar-refractivity contribution in [3.05, 3.63) is 60.2 Å². The van der Waals surface area contributed by atoms with Crippen LogP contribution in [-0.4, -0.2) is 148 Å². The van der Waals surface area contributed by atoms with Crippen LogP contribution in [-0.2, 0) is 25.4 Å². The first-order chi connectivity index (χ1) is 34.2. The molecule has 0 radical (unpaired) electrons. The average molecular weight is 988 g/mol. The van der Waals surface area contributed by atoms with Gasteiger partial charge in [0.1, 0.15) is 18.2 Å². The lowest BCUT2D eigenvalue weighted by molar-refractivity contribution is -0.137. The monoisotopic (exact) mass is 988 g/mol. The number of hydrogen-bond acceptors (Lipinski definition) is 11. The summed E-state index contributed by atoms with van der Waals surface area (Å²) in [6.45, 7) is 11.7. The van der Waals surface area contributed by atoms with Gasteiger partial charge in [0.2, 0.25) is 23.6 Å². The minimum atomic E-state index is -4.53. The number of unbranched alkanes of at least 4 members (excludes halogenated alkanes) is 5. The number of nitrogens with zero attached hydrogens (tertiary/aromatic N) is 7. The molecule has 2 aliphatic carbocycles. The summed E-state index contributed by atoms with van der Waals surface area (Å²) in [5, 5.41) is 13.6. The Balaban J connectivity index is 0.729. The standard InChI is InChI=1S/C53H76F3N11O4/c1-35(2)32-59-39-15-19-46(67-24-20-44(52(67)71)62-49-41-29-38(53(54,55)56)14-18-43(41)60-34-61-49)45(30-39)63-50(69)36-12-16-40(17-13-36)66-27-25-65(26-28-66)23-9-7-5-4-6-8-22-58-51(70)42-31-47(68)64(3)48(42)37-11-10-21-57-33-37/h10-11,14,18,21,29,33-36,39-40,42,44-46,48,59H,4-9,12-13,15-17,19-20,22-28,30-32H2,1-3H3,(H,58,70)(H,63,69)(H,60,61,62)/t36?,39-,40?,42+,44+,45-,46+,48-/m1/s1. The van der Waals surface area contributed by atoms with Gasteiger partial charge in [-0.15, -0.1) is 0 Å². The quantitative estimate of drug-likeness (QED) is 0.0906. The second-order valence-corrected chi connectivity index (χ2v) is 21.3. The lowest BCUT2D eigenvalue weighted by Crippen LogP contribution is -2.59. The topological polar surface area (TPSA) is 168 Å². The van der Waals surface area contributed by atoms with E-state index in [9.17, 15) is 32.3 Å². The number of carbonyl (C=O) groups is 4. The molecule has 5 fully saturated rings. The SMILES string of the molecule is CC(C)CN[C@@H]1CC[C@H](N2CC[C@H](Nc3ncnc4ccc(C(F)(F)F)cc34)C2=O)[C@H](NC(=O)C2CCC(N3CCN(CCCCCCCCNC(=O)[C@H]4CC(=O)N(C)[C@@H]4c4cccnc4)CC3)CC2)C1. The lowest BCUT2D eigenvalue weighted by atomic mass is 9.82. The van der Waals surface area contributed by atoms with Crippen LogP contribution < -0.4 is 21.3 Å². The number of nitrogens with one attached hydrogen (secondary N) is 4. The van der Waals surface area contributed by atoms with E-state index in [-0.39, 0.29) is 71.3 Å². The molecule has 1 aromatic carbocycles. The molecule has 3 aliphatic heterocycles. The number of benzene rings is 1. The Bertz CT molecular complexity index is 2260. The van der Waals surface area contributed by atoms with Crippen molar-refractivity contribution < 1.29 is 32.3 Å². The highest BCUT2D eigenvalue weighted by molar-refractivity contribution is 5.93. The Morgan fingerprint density at radius 1 is 0.859 bits per heavy atom. The average Bonchev–Trinajstić information content (AvgIpc) is 3.88. The molecule has 3 aromatic rings. The molecule has 0 bridgehead atoms. The summed E-state index contributed by atoms with van der Waals surface area (Å²) in [7, 11) is 1.76. The first-order valence-corrected chi connectivity index (χ1v) is 26.6. The van der Waals surface area contributed by atoms with Crippen molar-refractivity contribution in [3.8, 4) is 0 Å². The normalized spacial score (nSPS) is 26.9. The largest absolute Gasteiger partial charge is 0.416 e. The van der Waals surface area contributed by atoms with Gasteiger partial charge >= 0.3 is 6.18 Å². The number of rotatable bonds is 20. The summed E-state index contributed by atoms with van der Waals surface area (Å²) in [5.41, 5.74) is 0.451. The van der Waals surface area contributed by atoms with Gasteiger partial charge in [-0.25, -0.2) is 9.97 Å². The van der Waals surface area contributed by atoms with E-state index in [1.165, 1.54) is 31.7 Å². The number of alkyl halides is 3. The molecule has 71 heavy (non-hydrogen) atoms. The Hall–Kier alpha value is -4.94. The molecule has 0 unspecified atom stereocenters. The smallest absolute Gasteiger partial charge is 0.358 e. The first kappa shape index (κ1) is 52.4. The predicted molar refractivity (Wildman–Crippen MR) is 267 cm³/mol. The van der Waals surface area contributed by atoms with Crippen LogP contribution in [0.4, 0.5) is 19.0 Å². The number of halogens is 3. The van der Waals surface area contributed by atoms with Gasteiger partial charge in [0.05, 0.1) is 35.1 Å². The molecule has 3 saturated heterocycles. The van der Waals surface area contributed by atoms with Crippen molar-refractivity contribution in [3.63, 3.8) is 0 Å². The highest BCUT2D eigenvalue weighted by Crippen LogP contribution is 2.38. The van der Waals surface area contributed by atoms with Gasteiger partial charge in [-0.3, -0.25) is 29.1 Å².